The van der Waals surface area contributed by atoms with Crippen LogP contribution in [0.3, 0.4) is 0 Å². The molecule has 0 aliphatic carbocycles. The van der Waals surface area contributed by atoms with Crippen molar-refractivity contribution in [2.24, 2.45) is 5.73 Å². The third-order valence-electron chi connectivity index (χ3n) is 3.38. The van der Waals surface area contributed by atoms with Crippen molar-refractivity contribution in [3.8, 4) is 0 Å². The lowest BCUT2D eigenvalue weighted by Crippen LogP contribution is -3.00. The predicted molar refractivity (Wildman–Crippen MR) is 94.1 cm³/mol. The number of hydrogen-bond donors (Lipinski definition) is 1. The van der Waals surface area contributed by atoms with Gasteiger partial charge in [0.2, 0.25) is 5.91 Å². The van der Waals surface area contributed by atoms with Gasteiger partial charge >= 0.3 is 0 Å². The summed E-state index contributed by atoms with van der Waals surface area (Å²) in [4.78, 5) is 9.47. The molecule has 2 N–H and O–H groups in total. The maximum atomic E-state index is 9.47. The first-order valence-corrected chi connectivity index (χ1v) is 8.55. The fraction of sp³-hybridized carbons (Fsp3) is 0.833. The molecule has 0 bridgehead atoms. The van der Waals surface area contributed by atoms with Crippen LogP contribution in [0.25, 0.3) is 0 Å². The van der Waals surface area contributed by atoms with E-state index in [-0.39, 0.29) is 12.4 Å². The van der Waals surface area contributed by atoms with Gasteiger partial charge < -0.3 is 22.6 Å². The van der Waals surface area contributed by atoms with Crippen molar-refractivity contribution in [2.45, 2.75) is 71.1 Å². The van der Waals surface area contributed by atoms with E-state index in [1.54, 1.807) is 0 Å². The van der Waals surface area contributed by atoms with Crippen molar-refractivity contribution in [1.82, 2.24) is 0 Å². The number of halogens is 1. The number of primary amides is 1. The zero-order chi connectivity index (χ0) is 16.6. The van der Waals surface area contributed by atoms with E-state index in [1.807, 2.05) is 0 Å². The first-order chi connectivity index (χ1) is 9.83. The second-order valence-electron chi connectivity index (χ2n) is 6.80. The van der Waals surface area contributed by atoms with E-state index in [2.05, 4.69) is 40.4 Å². The number of carbonyl (C=O) groups excluding carboxylic acids is 1. The van der Waals surface area contributed by atoms with Crippen LogP contribution in [0.15, 0.2) is 12.7 Å². The maximum absolute atomic E-state index is 9.47. The Morgan fingerprint density at radius 1 is 0.909 bits per heavy atom. The summed E-state index contributed by atoms with van der Waals surface area (Å²) in [5.74, 6) is -0.481. The normalized spacial score (nSPS) is 10.2. The molecule has 3 nitrogen and oxygen atoms in total. The van der Waals surface area contributed by atoms with Crippen molar-refractivity contribution < 1.29 is 21.7 Å². The molecule has 0 aliphatic heterocycles. The SMILES string of the molecule is C=CC(N)=O.CCCCCCCCCCCC[N+](C)(C)C.[Cl-]. The van der Waals surface area contributed by atoms with Gasteiger partial charge in [-0.15, -0.1) is 0 Å². The van der Waals surface area contributed by atoms with Gasteiger partial charge in [0.05, 0.1) is 27.7 Å². The van der Waals surface area contributed by atoms with Crippen molar-refractivity contribution in [3.63, 3.8) is 0 Å². The molecule has 0 fully saturated rings. The number of rotatable bonds is 12. The van der Waals surface area contributed by atoms with Crippen molar-refractivity contribution in [3.05, 3.63) is 12.7 Å². The van der Waals surface area contributed by atoms with E-state index in [1.165, 1.54) is 70.8 Å². The highest BCUT2D eigenvalue weighted by molar-refractivity contribution is 5.84. The van der Waals surface area contributed by atoms with E-state index in [9.17, 15) is 4.79 Å². The molecule has 0 unspecified atom stereocenters. The Morgan fingerprint density at radius 3 is 1.50 bits per heavy atom. The van der Waals surface area contributed by atoms with Gasteiger partial charge in [0.1, 0.15) is 0 Å². The molecule has 0 saturated heterocycles. The number of carbonyl (C=O) groups is 1. The first kappa shape index (κ1) is 26.4. The number of nitrogens with zero attached hydrogens (tertiary/aromatic N) is 1. The van der Waals surface area contributed by atoms with Crippen LogP contribution < -0.4 is 18.1 Å². The molecule has 134 valence electrons. The number of amides is 1. The Kier molecular flexibility index (Phi) is 22.2. The fourth-order valence-electron chi connectivity index (χ4n) is 2.07. The summed E-state index contributed by atoms with van der Waals surface area (Å²) in [6.07, 6.45) is 15.5. The lowest BCUT2D eigenvalue weighted by Gasteiger charge is -2.23. The molecule has 0 spiro atoms. The molecular formula is C18H39ClN2O. The van der Waals surface area contributed by atoms with E-state index >= 15 is 0 Å². The molecule has 0 aromatic carbocycles. The van der Waals surface area contributed by atoms with Crippen LogP contribution in [-0.2, 0) is 4.79 Å². The van der Waals surface area contributed by atoms with Crippen molar-refractivity contribution in [2.75, 3.05) is 27.7 Å². The van der Waals surface area contributed by atoms with Crippen LogP contribution in [0.2, 0.25) is 0 Å². The van der Waals surface area contributed by atoms with Crippen molar-refractivity contribution in [1.29, 1.82) is 0 Å². The highest BCUT2D eigenvalue weighted by atomic mass is 35.5. The molecule has 1 amide bonds. The van der Waals surface area contributed by atoms with E-state index < -0.39 is 5.91 Å². The van der Waals surface area contributed by atoms with Gasteiger partial charge in [-0.2, -0.15) is 0 Å². The minimum Gasteiger partial charge on any atom is -1.00 e. The predicted octanol–water partition coefficient (Wildman–Crippen LogP) is 1.28. The van der Waals surface area contributed by atoms with Gasteiger partial charge in [-0.1, -0.05) is 64.9 Å². The minimum absolute atomic E-state index is 0. The molecule has 0 heterocycles. The summed E-state index contributed by atoms with van der Waals surface area (Å²) in [6.45, 7) is 6.70. The topological polar surface area (TPSA) is 43.1 Å². The summed E-state index contributed by atoms with van der Waals surface area (Å²) in [7, 11) is 6.86. The highest BCUT2D eigenvalue weighted by Gasteiger charge is 2.04. The quantitative estimate of drug-likeness (QED) is 0.326. The monoisotopic (exact) mass is 334 g/mol. The zero-order valence-electron chi connectivity index (χ0n) is 15.4. The molecule has 4 heteroatoms. The number of nitrogens with two attached hydrogens (primary N) is 1. The fourth-order valence-corrected chi connectivity index (χ4v) is 2.07. The van der Waals surface area contributed by atoms with E-state index in [4.69, 9.17) is 0 Å². The van der Waals surface area contributed by atoms with Gasteiger partial charge in [-0.05, 0) is 18.9 Å². The summed E-state index contributed by atoms with van der Waals surface area (Å²) >= 11 is 0. The summed E-state index contributed by atoms with van der Waals surface area (Å²) in [6, 6.07) is 0. The van der Waals surface area contributed by atoms with Crippen LogP contribution in [0.1, 0.15) is 71.1 Å². The van der Waals surface area contributed by atoms with E-state index in [0.717, 1.165) is 10.6 Å². The van der Waals surface area contributed by atoms with Gasteiger partial charge in [-0.25, -0.2) is 0 Å². The summed E-state index contributed by atoms with van der Waals surface area (Å²) in [5, 5.41) is 0. The van der Waals surface area contributed by atoms with Gasteiger partial charge in [0.25, 0.3) is 0 Å². The Labute approximate surface area is 145 Å². The number of quaternary nitrogens is 1. The standard InChI is InChI=1S/C15H34N.C3H5NO.ClH/c1-5-6-7-8-9-10-11-12-13-14-15-16(2,3)4;1-2-3(4)5;/h5-15H2,1-4H3;2H,1H2,(H2,4,5);1H/q+1;;/p-1. The molecular weight excluding hydrogens is 296 g/mol. The smallest absolute Gasteiger partial charge is 0.240 e. The summed E-state index contributed by atoms with van der Waals surface area (Å²) in [5.41, 5.74) is 4.53. The zero-order valence-corrected chi connectivity index (χ0v) is 16.1. The molecule has 0 aromatic heterocycles. The lowest BCUT2D eigenvalue weighted by atomic mass is 10.1. The summed E-state index contributed by atoms with van der Waals surface area (Å²) < 4.78 is 1.12. The molecule has 0 aliphatic rings. The Balaban J connectivity index is -0.000000520. The molecule has 0 atom stereocenters. The van der Waals surface area contributed by atoms with E-state index in [0.29, 0.717) is 0 Å². The molecule has 0 rings (SSSR count). The third-order valence-corrected chi connectivity index (χ3v) is 3.38. The first-order valence-electron chi connectivity index (χ1n) is 8.55. The maximum Gasteiger partial charge on any atom is 0.240 e. The third kappa shape index (κ3) is 31.7. The second kappa shape index (κ2) is 18.5. The second-order valence-corrected chi connectivity index (χ2v) is 6.80. The molecule has 0 saturated carbocycles. The Morgan fingerprint density at radius 2 is 1.23 bits per heavy atom. The Bertz CT molecular complexity index is 250. The highest BCUT2D eigenvalue weighted by Crippen LogP contribution is 2.10. The van der Waals surface area contributed by atoms with Crippen LogP contribution in [0.4, 0.5) is 0 Å². The van der Waals surface area contributed by atoms with Gasteiger partial charge in [0, 0.05) is 0 Å². The molecule has 0 aromatic rings. The van der Waals surface area contributed by atoms with Crippen LogP contribution in [-0.4, -0.2) is 38.1 Å². The average Bonchev–Trinajstić information content (AvgIpc) is 2.40. The number of unbranched alkanes of at least 4 members (excludes halogenated alkanes) is 9. The van der Waals surface area contributed by atoms with Crippen LogP contribution in [0.5, 0.6) is 0 Å². The van der Waals surface area contributed by atoms with Gasteiger partial charge in [0.15, 0.2) is 0 Å². The van der Waals surface area contributed by atoms with Crippen molar-refractivity contribution >= 4 is 5.91 Å². The average molecular weight is 335 g/mol. The minimum atomic E-state index is -0.481. The molecule has 22 heavy (non-hydrogen) atoms. The van der Waals surface area contributed by atoms with Crippen LogP contribution in [0, 0.1) is 0 Å². The number of hydrogen-bond acceptors (Lipinski definition) is 1. The Hall–Kier alpha value is -0.540. The van der Waals surface area contributed by atoms with Crippen LogP contribution >= 0.6 is 0 Å². The molecule has 0 radical (unpaired) electrons. The largest absolute Gasteiger partial charge is 1.00 e. The lowest BCUT2D eigenvalue weighted by molar-refractivity contribution is -0.870. The van der Waals surface area contributed by atoms with Gasteiger partial charge in [-0.3, -0.25) is 4.79 Å².